The first-order valence-corrected chi connectivity index (χ1v) is 8.88. The number of rotatable bonds is 2. The van der Waals surface area contributed by atoms with Crippen LogP contribution >= 0.6 is 12.4 Å². The fourth-order valence-electron chi connectivity index (χ4n) is 6.02. The van der Waals surface area contributed by atoms with E-state index in [1.165, 1.54) is 49.8 Å². The van der Waals surface area contributed by atoms with Gasteiger partial charge in [-0.05, 0) is 86.5 Å². The smallest absolute Gasteiger partial charge is 0.251 e. The minimum absolute atomic E-state index is 0. The molecule has 2 N–H and O–H groups in total. The fourth-order valence-corrected chi connectivity index (χ4v) is 6.02. The van der Waals surface area contributed by atoms with E-state index in [1.54, 1.807) is 0 Å². The molecule has 0 atom stereocenters. The van der Waals surface area contributed by atoms with Gasteiger partial charge in [-0.1, -0.05) is 0 Å². The Morgan fingerprint density at radius 3 is 2.39 bits per heavy atom. The van der Waals surface area contributed by atoms with E-state index >= 15 is 0 Å². The van der Waals surface area contributed by atoms with Crippen molar-refractivity contribution in [1.29, 1.82) is 0 Å². The van der Waals surface area contributed by atoms with Gasteiger partial charge in [-0.15, -0.1) is 12.4 Å². The van der Waals surface area contributed by atoms with Crippen molar-refractivity contribution in [3.63, 3.8) is 0 Å². The third-order valence-corrected chi connectivity index (χ3v) is 6.49. The van der Waals surface area contributed by atoms with Gasteiger partial charge in [0.05, 0.1) is 0 Å². The molecule has 1 heterocycles. The minimum atomic E-state index is 0. The number of nitrogens with one attached hydrogen (secondary N) is 2. The summed E-state index contributed by atoms with van der Waals surface area (Å²) in [4.78, 5) is 12.8. The average Bonchev–Trinajstić information content (AvgIpc) is 2.92. The molecule has 124 valence electrons. The highest BCUT2D eigenvalue weighted by molar-refractivity contribution is 5.95. The Morgan fingerprint density at radius 1 is 1.09 bits per heavy atom. The van der Waals surface area contributed by atoms with Crippen molar-refractivity contribution in [3.8, 4) is 0 Å². The molecular formula is C19H25ClN2O. The van der Waals surface area contributed by atoms with Gasteiger partial charge in [0, 0.05) is 23.3 Å². The predicted molar refractivity (Wildman–Crippen MR) is 94.3 cm³/mol. The van der Waals surface area contributed by atoms with Crippen LogP contribution in [0.5, 0.6) is 0 Å². The number of anilines is 1. The molecule has 0 unspecified atom stereocenters. The maximum absolute atomic E-state index is 12.8. The normalized spacial score (nSPS) is 36.1. The van der Waals surface area contributed by atoms with Gasteiger partial charge in [0.25, 0.3) is 5.91 Å². The number of amides is 1. The number of benzene rings is 1. The molecule has 1 aromatic rings. The van der Waals surface area contributed by atoms with E-state index in [2.05, 4.69) is 22.8 Å². The molecule has 4 aliphatic carbocycles. The highest BCUT2D eigenvalue weighted by Gasteiger charge is 2.51. The highest BCUT2D eigenvalue weighted by Crippen LogP contribution is 2.55. The lowest BCUT2D eigenvalue weighted by Crippen LogP contribution is -2.59. The van der Waals surface area contributed by atoms with Crippen LogP contribution in [0.4, 0.5) is 5.69 Å². The summed E-state index contributed by atoms with van der Waals surface area (Å²) < 4.78 is 0. The zero-order chi connectivity index (χ0) is 14.7. The van der Waals surface area contributed by atoms with Crippen molar-refractivity contribution in [3.05, 3.63) is 29.3 Å². The van der Waals surface area contributed by atoms with Crippen LogP contribution in [0.25, 0.3) is 0 Å². The topological polar surface area (TPSA) is 41.1 Å². The summed E-state index contributed by atoms with van der Waals surface area (Å²) in [5.74, 6) is 2.76. The Balaban J connectivity index is 0.00000135. The van der Waals surface area contributed by atoms with E-state index in [4.69, 9.17) is 0 Å². The third kappa shape index (κ3) is 2.53. The number of hydrogen-bond donors (Lipinski definition) is 2. The van der Waals surface area contributed by atoms with E-state index in [1.807, 2.05) is 6.07 Å². The van der Waals surface area contributed by atoms with Gasteiger partial charge >= 0.3 is 0 Å². The van der Waals surface area contributed by atoms with Crippen molar-refractivity contribution >= 4 is 24.0 Å². The van der Waals surface area contributed by atoms with Crippen molar-refractivity contribution in [2.24, 2.45) is 17.8 Å². The maximum Gasteiger partial charge on any atom is 0.251 e. The van der Waals surface area contributed by atoms with Gasteiger partial charge in [-0.3, -0.25) is 4.79 Å². The molecule has 0 aromatic heterocycles. The largest absolute Gasteiger partial charge is 0.384 e. The monoisotopic (exact) mass is 332 g/mol. The molecule has 4 saturated carbocycles. The van der Waals surface area contributed by atoms with Crippen molar-refractivity contribution < 1.29 is 4.79 Å². The van der Waals surface area contributed by atoms with Crippen molar-refractivity contribution in [2.45, 2.75) is 50.5 Å². The molecule has 1 aliphatic heterocycles. The van der Waals surface area contributed by atoms with E-state index in [-0.39, 0.29) is 23.9 Å². The van der Waals surface area contributed by atoms with Gasteiger partial charge in [0.1, 0.15) is 0 Å². The molecule has 5 aliphatic rings. The zero-order valence-electron chi connectivity index (χ0n) is 13.4. The van der Waals surface area contributed by atoms with Crippen LogP contribution in [0, 0.1) is 17.8 Å². The highest BCUT2D eigenvalue weighted by atomic mass is 35.5. The van der Waals surface area contributed by atoms with Crippen LogP contribution in [0.1, 0.15) is 54.4 Å². The first-order valence-electron chi connectivity index (χ1n) is 8.88. The Kier molecular flexibility index (Phi) is 3.60. The maximum atomic E-state index is 12.8. The Bertz CT molecular complexity index is 607. The van der Waals surface area contributed by atoms with Gasteiger partial charge in [-0.2, -0.15) is 0 Å². The molecule has 3 nitrogen and oxygen atoms in total. The lowest BCUT2D eigenvalue weighted by Gasteiger charge is -2.56. The summed E-state index contributed by atoms with van der Waals surface area (Å²) in [6, 6.07) is 6.13. The zero-order valence-corrected chi connectivity index (χ0v) is 14.3. The quantitative estimate of drug-likeness (QED) is 0.865. The number of carbonyl (C=O) groups is 1. The van der Waals surface area contributed by atoms with Gasteiger partial charge in [0.2, 0.25) is 0 Å². The number of halogens is 1. The van der Waals surface area contributed by atoms with Crippen LogP contribution in [0.3, 0.4) is 0 Å². The first kappa shape index (κ1) is 15.3. The van der Waals surface area contributed by atoms with Gasteiger partial charge < -0.3 is 10.6 Å². The second kappa shape index (κ2) is 5.41. The van der Waals surface area contributed by atoms with Gasteiger partial charge in [-0.25, -0.2) is 0 Å². The average molecular weight is 333 g/mol. The predicted octanol–water partition coefficient (Wildman–Crippen LogP) is 3.78. The molecule has 1 aromatic carbocycles. The SMILES string of the molecule is Cl.O=C(NC12CC3CC(CC(C3)C1)C2)c1ccc2c(c1)CCN2. The minimum Gasteiger partial charge on any atom is -0.384 e. The van der Waals surface area contributed by atoms with E-state index in [0.29, 0.717) is 0 Å². The van der Waals surface area contributed by atoms with Crippen LogP contribution in [0.15, 0.2) is 18.2 Å². The lowest BCUT2D eigenvalue weighted by atomic mass is 9.53. The summed E-state index contributed by atoms with van der Waals surface area (Å²) in [5.41, 5.74) is 3.45. The standard InChI is InChI=1S/C19H24N2O.ClH/c22-18(16-1-2-17-15(8-16)3-4-20-17)21-19-9-12-5-13(10-19)7-14(6-12)11-19;/h1-2,8,12-14,20H,3-7,9-11H2,(H,21,22);1H. The van der Waals surface area contributed by atoms with Gasteiger partial charge in [0.15, 0.2) is 0 Å². The second-order valence-corrected chi connectivity index (χ2v) is 8.20. The first-order chi connectivity index (χ1) is 10.7. The van der Waals surface area contributed by atoms with Crippen LogP contribution in [-0.4, -0.2) is 18.0 Å². The molecule has 0 saturated heterocycles. The van der Waals surface area contributed by atoms with E-state index < -0.39 is 0 Å². The molecule has 0 radical (unpaired) electrons. The molecule has 4 fully saturated rings. The Hall–Kier alpha value is -1.22. The Morgan fingerprint density at radius 2 is 1.74 bits per heavy atom. The molecule has 23 heavy (non-hydrogen) atoms. The molecule has 1 amide bonds. The van der Waals surface area contributed by atoms with Crippen molar-refractivity contribution in [1.82, 2.24) is 5.32 Å². The number of fused-ring (bicyclic) bond motifs is 1. The van der Waals surface area contributed by atoms with E-state index in [0.717, 1.165) is 36.3 Å². The summed E-state index contributed by atoms with van der Waals surface area (Å²) >= 11 is 0. The molecular weight excluding hydrogens is 308 g/mol. The molecule has 6 rings (SSSR count). The van der Waals surface area contributed by atoms with Crippen molar-refractivity contribution in [2.75, 3.05) is 11.9 Å². The number of carbonyl (C=O) groups excluding carboxylic acids is 1. The summed E-state index contributed by atoms with van der Waals surface area (Å²) in [5, 5.41) is 6.83. The number of hydrogen-bond acceptors (Lipinski definition) is 2. The fraction of sp³-hybridized carbons (Fsp3) is 0.632. The lowest BCUT2D eigenvalue weighted by molar-refractivity contribution is -0.0167. The summed E-state index contributed by atoms with van der Waals surface area (Å²) in [7, 11) is 0. The summed E-state index contributed by atoms with van der Waals surface area (Å²) in [6.07, 6.45) is 8.94. The van der Waals surface area contributed by atoms with E-state index in [9.17, 15) is 4.79 Å². The molecule has 4 heteroatoms. The Labute approximate surface area is 144 Å². The van der Waals surface area contributed by atoms with Crippen LogP contribution in [0.2, 0.25) is 0 Å². The molecule has 0 spiro atoms. The third-order valence-electron chi connectivity index (χ3n) is 6.49. The van der Waals surface area contributed by atoms with Crippen LogP contribution < -0.4 is 10.6 Å². The summed E-state index contributed by atoms with van der Waals surface area (Å²) in [6.45, 7) is 0.995. The second-order valence-electron chi connectivity index (χ2n) is 8.20. The van der Waals surface area contributed by atoms with Crippen LogP contribution in [-0.2, 0) is 6.42 Å². The molecule has 4 bridgehead atoms.